The second-order valence-corrected chi connectivity index (χ2v) is 4.79. The van der Waals surface area contributed by atoms with E-state index >= 15 is 0 Å². The van der Waals surface area contributed by atoms with E-state index in [2.05, 4.69) is 32.5 Å². The molecule has 3 nitrogen and oxygen atoms in total. The van der Waals surface area contributed by atoms with E-state index in [9.17, 15) is 0 Å². The van der Waals surface area contributed by atoms with Crippen LogP contribution in [0.3, 0.4) is 0 Å². The van der Waals surface area contributed by atoms with E-state index in [1.807, 2.05) is 17.9 Å². The first-order valence-electron chi connectivity index (χ1n) is 4.17. The summed E-state index contributed by atoms with van der Waals surface area (Å²) in [6.07, 6.45) is 1.86. The molecule has 2 rings (SSSR count). The Hall–Kier alpha value is -0.650. The van der Waals surface area contributed by atoms with E-state index in [1.54, 1.807) is 11.3 Å². The molecule has 0 amide bonds. The van der Waals surface area contributed by atoms with Gasteiger partial charge in [-0.2, -0.15) is 5.10 Å². The van der Waals surface area contributed by atoms with Crippen LogP contribution in [0.1, 0.15) is 5.69 Å². The molecular weight excluding hydrogens is 262 g/mol. The summed E-state index contributed by atoms with van der Waals surface area (Å²) in [4.78, 5) is 1.20. The van der Waals surface area contributed by atoms with E-state index in [0.29, 0.717) is 6.54 Å². The SMILES string of the molecule is Cn1ncc(-c2cc(Br)cs2)c1CN. The third kappa shape index (κ3) is 1.63. The maximum Gasteiger partial charge on any atom is 0.0603 e. The van der Waals surface area contributed by atoms with Gasteiger partial charge in [-0.15, -0.1) is 11.3 Å². The highest BCUT2D eigenvalue weighted by atomic mass is 79.9. The van der Waals surface area contributed by atoms with Gasteiger partial charge in [0.1, 0.15) is 0 Å². The second kappa shape index (κ2) is 3.84. The molecular formula is C9H10BrN3S. The van der Waals surface area contributed by atoms with Crippen molar-refractivity contribution in [2.24, 2.45) is 12.8 Å². The fourth-order valence-corrected chi connectivity index (χ4v) is 2.83. The standard InChI is InChI=1S/C9H10BrN3S/c1-13-8(3-11)7(4-12-13)9-2-6(10)5-14-9/h2,4-5H,3,11H2,1H3. The highest BCUT2D eigenvalue weighted by Crippen LogP contribution is 2.31. The van der Waals surface area contributed by atoms with Gasteiger partial charge in [0.25, 0.3) is 0 Å². The van der Waals surface area contributed by atoms with Crippen LogP contribution in [-0.2, 0) is 13.6 Å². The molecule has 2 N–H and O–H groups in total. The lowest BCUT2D eigenvalue weighted by atomic mass is 10.2. The lowest BCUT2D eigenvalue weighted by molar-refractivity contribution is 0.713. The summed E-state index contributed by atoms with van der Waals surface area (Å²) in [5, 5.41) is 6.26. The molecule has 0 atom stereocenters. The van der Waals surface area contributed by atoms with Crippen molar-refractivity contribution in [1.82, 2.24) is 9.78 Å². The number of aromatic nitrogens is 2. The van der Waals surface area contributed by atoms with Gasteiger partial charge < -0.3 is 5.73 Å². The molecule has 0 saturated carbocycles. The number of hydrogen-bond acceptors (Lipinski definition) is 3. The van der Waals surface area contributed by atoms with Crippen LogP contribution in [0, 0.1) is 0 Å². The summed E-state index contributed by atoms with van der Waals surface area (Å²) in [5.74, 6) is 0. The Morgan fingerprint density at radius 2 is 2.43 bits per heavy atom. The van der Waals surface area contributed by atoms with Crippen molar-refractivity contribution in [3.63, 3.8) is 0 Å². The molecule has 2 aromatic rings. The molecule has 0 bridgehead atoms. The minimum atomic E-state index is 0.515. The average molecular weight is 272 g/mol. The molecule has 0 aliphatic heterocycles. The zero-order chi connectivity index (χ0) is 10.1. The Morgan fingerprint density at radius 1 is 1.64 bits per heavy atom. The van der Waals surface area contributed by atoms with Gasteiger partial charge in [-0.05, 0) is 22.0 Å². The monoisotopic (exact) mass is 271 g/mol. The summed E-state index contributed by atoms with van der Waals surface area (Å²) in [6, 6.07) is 2.08. The second-order valence-electron chi connectivity index (χ2n) is 2.96. The van der Waals surface area contributed by atoms with Crippen molar-refractivity contribution in [1.29, 1.82) is 0 Å². The number of nitrogens with two attached hydrogens (primary N) is 1. The Bertz CT molecular complexity index is 447. The van der Waals surface area contributed by atoms with Crippen LogP contribution in [0.4, 0.5) is 0 Å². The van der Waals surface area contributed by atoms with Crippen molar-refractivity contribution in [3.05, 3.63) is 27.8 Å². The van der Waals surface area contributed by atoms with Gasteiger partial charge in [0, 0.05) is 33.9 Å². The van der Waals surface area contributed by atoms with Crippen LogP contribution >= 0.6 is 27.3 Å². The summed E-state index contributed by atoms with van der Waals surface area (Å²) in [5.41, 5.74) is 7.87. The number of hydrogen-bond donors (Lipinski definition) is 1. The quantitative estimate of drug-likeness (QED) is 0.912. The average Bonchev–Trinajstić information content (AvgIpc) is 2.71. The fraction of sp³-hybridized carbons (Fsp3) is 0.222. The number of aryl methyl sites for hydroxylation is 1. The first kappa shape index (κ1) is 9.89. The molecule has 0 aromatic carbocycles. The molecule has 0 aliphatic rings. The highest BCUT2D eigenvalue weighted by molar-refractivity contribution is 9.10. The van der Waals surface area contributed by atoms with Crippen molar-refractivity contribution < 1.29 is 0 Å². The van der Waals surface area contributed by atoms with Crippen molar-refractivity contribution in [2.75, 3.05) is 0 Å². The predicted octanol–water partition coefficient (Wildman–Crippen LogP) is 2.37. The Kier molecular flexibility index (Phi) is 2.71. The molecule has 0 unspecified atom stereocenters. The topological polar surface area (TPSA) is 43.8 Å². The van der Waals surface area contributed by atoms with E-state index in [1.165, 1.54) is 4.88 Å². The summed E-state index contributed by atoms with van der Waals surface area (Å²) in [6.45, 7) is 0.515. The third-order valence-electron chi connectivity index (χ3n) is 2.09. The van der Waals surface area contributed by atoms with Gasteiger partial charge in [-0.1, -0.05) is 0 Å². The van der Waals surface area contributed by atoms with Crippen LogP contribution < -0.4 is 5.73 Å². The van der Waals surface area contributed by atoms with E-state index in [-0.39, 0.29) is 0 Å². The first-order valence-corrected chi connectivity index (χ1v) is 5.85. The third-order valence-corrected chi connectivity index (χ3v) is 3.81. The predicted molar refractivity (Wildman–Crippen MR) is 62.1 cm³/mol. The largest absolute Gasteiger partial charge is 0.325 e. The Labute approximate surface area is 94.7 Å². The Balaban J connectivity index is 2.51. The summed E-state index contributed by atoms with van der Waals surface area (Å²) >= 11 is 5.12. The van der Waals surface area contributed by atoms with Gasteiger partial charge in [0.15, 0.2) is 0 Å². The number of halogens is 1. The first-order chi connectivity index (χ1) is 6.72. The molecule has 2 aromatic heterocycles. The minimum Gasteiger partial charge on any atom is -0.325 e. The lowest BCUT2D eigenvalue weighted by Crippen LogP contribution is -2.05. The fourth-order valence-electron chi connectivity index (χ4n) is 1.37. The highest BCUT2D eigenvalue weighted by Gasteiger charge is 2.10. The molecule has 5 heteroatoms. The molecule has 0 radical (unpaired) electrons. The molecule has 74 valence electrons. The smallest absolute Gasteiger partial charge is 0.0603 e. The number of thiophene rings is 1. The van der Waals surface area contributed by atoms with Crippen molar-refractivity contribution in [3.8, 4) is 10.4 Å². The van der Waals surface area contributed by atoms with Crippen LogP contribution in [0.25, 0.3) is 10.4 Å². The normalized spacial score (nSPS) is 10.8. The van der Waals surface area contributed by atoms with Gasteiger partial charge >= 0.3 is 0 Å². The lowest BCUT2D eigenvalue weighted by Gasteiger charge is -2.00. The molecule has 0 spiro atoms. The van der Waals surface area contributed by atoms with E-state index in [0.717, 1.165) is 15.7 Å². The molecule has 0 fully saturated rings. The van der Waals surface area contributed by atoms with Crippen molar-refractivity contribution in [2.45, 2.75) is 6.54 Å². The van der Waals surface area contributed by atoms with Gasteiger partial charge in [-0.25, -0.2) is 0 Å². The summed E-state index contributed by atoms with van der Waals surface area (Å²) < 4.78 is 2.92. The van der Waals surface area contributed by atoms with Crippen LogP contribution in [-0.4, -0.2) is 9.78 Å². The van der Waals surface area contributed by atoms with Crippen LogP contribution in [0.15, 0.2) is 22.1 Å². The maximum atomic E-state index is 5.67. The molecule has 0 saturated heterocycles. The number of rotatable bonds is 2. The molecule has 14 heavy (non-hydrogen) atoms. The van der Waals surface area contributed by atoms with E-state index < -0.39 is 0 Å². The molecule has 0 aliphatic carbocycles. The van der Waals surface area contributed by atoms with Gasteiger partial charge in [0.05, 0.1) is 11.9 Å². The maximum absolute atomic E-state index is 5.67. The van der Waals surface area contributed by atoms with Crippen molar-refractivity contribution >= 4 is 27.3 Å². The minimum absolute atomic E-state index is 0.515. The van der Waals surface area contributed by atoms with Crippen LogP contribution in [0.5, 0.6) is 0 Å². The number of nitrogens with zero attached hydrogens (tertiary/aromatic N) is 2. The zero-order valence-electron chi connectivity index (χ0n) is 7.70. The zero-order valence-corrected chi connectivity index (χ0v) is 10.1. The van der Waals surface area contributed by atoms with Crippen LogP contribution in [0.2, 0.25) is 0 Å². The van der Waals surface area contributed by atoms with Gasteiger partial charge in [-0.3, -0.25) is 4.68 Å². The molecule has 2 heterocycles. The Morgan fingerprint density at radius 3 is 3.00 bits per heavy atom. The van der Waals surface area contributed by atoms with Gasteiger partial charge in [0.2, 0.25) is 0 Å². The van der Waals surface area contributed by atoms with E-state index in [4.69, 9.17) is 5.73 Å². The summed E-state index contributed by atoms with van der Waals surface area (Å²) in [7, 11) is 1.91.